The zero-order valence-corrected chi connectivity index (χ0v) is 13.7. The number of carbonyl (C=O) groups is 2. The molecule has 0 saturated carbocycles. The second kappa shape index (κ2) is 6.09. The van der Waals surface area contributed by atoms with Gasteiger partial charge in [-0.2, -0.15) is 0 Å². The van der Waals surface area contributed by atoms with Crippen molar-refractivity contribution >= 4 is 17.4 Å². The van der Waals surface area contributed by atoms with E-state index in [0.717, 1.165) is 11.3 Å². The topological polar surface area (TPSA) is 66.8 Å². The number of Topliss-reactive ketones (excluding diaryl/α,β-unsaturated/α-hetero) is 1. The van der Waals surface area contributed by atoms with Crippen LogP contribution in [-0.2, 0) is 21.7 Å². The van der Waals surface area contributed by atoms with E-state index >= 15 is 0 Å². The smallest absolute Gasteiger partial charge is 0.264 e. The number of rotatable bonds is 5. The third-order valence-electron chi connectivity index (χ3n) is 4.24. The Bertz CT molecular complexity index is 784. The lowest BCUT2D eigenvalue weighted by Crippen LogP contribution is -2.41. The number of para-hydroxylation sites is 1. The molecule has 124 valence electrons. The first-order valence-corrected chi connectivity index (χ1v) is 7.72. The molecule has 5 nitrogen and oxygen atoms in total. The number of nitrogens with zero attached hydrogens (tertiary/aromatic N) is 1. The van der Waals surface area contributed by atoms with Gasteiger partial charge in [-0.3, -0.25) is 9.59 Å². The molecule has 0 radical (unpaired) electrons. The van der Waals surface area contributed by atoms with E-state index < -0.39 is 11.5 Å². The van der Waals surface area contributed by atoms with Gasteiger partial charge in [-0.15, -0.1) is 0 Å². The van der Waals surface area contributed by atoms with Crippen molar-refractivity contribution in [1.82, 2.24) is 0 Å². The van der Waals surface area contributed by atoms with Crippen LogP contribution in [0.25, 0.3) is 0 Å². The van der Waals surface area contributed by atoms with Gasteiger partial charge in [-0.05, 0) is 30.7 Å². The van der Waals surface area contributed by atoms with E-state index in [0.29, 0.717) is 17.8 Å². The Labute approximate surface area is 140 Å². The van der Waals surface area contributed by atoms with Gasteiger partial charge in [-0.1, -0.05) is 30.3 Å². The lowest BCUT2D eigenvalue weighted by molar-refractivity contribution is -0.141. The van der Waals surface area contributed by atoms with Crippen molar-refractivity contribution in [3.8, 4) is 5.75 Å². The number of amides is 1. The zero-order chi connectivity index (χ0) is 17.3. The van der Waals surface area contributed by atoms with Gasteiger partial charge < -0.3 is 14.7 Å². The summed E-state index contributed by atoms with van der Waals surface area (Å²) in [6, 6.07) is 14.4. The molecular weight excluding hydrogens is 306 g/mol. The number of anilines is 1. The van der Waals surface area contributed by atoms with E-state index in [1.54, 1.807) is 25.3 Å². The van der Waals surface area contributed by atoms with Gasteiger partial charge in [0.25, 0.3) is 5.91 Å². The summed E-state index contributed by atoms with van der Waals surface area (Å²) in [5.41, 5.74) is 0.251. The minimum Gasteiger partial charge on any atom is -0.497 e. The minimum absolute atomic E-state index is 0.220. The lowest BCUT2D eigenvalue weighted by atomic mass is 9.90. The Hall–Kier alpha value is -2.66. The van der Waals surface area contributed by atoms with Crippen LogP contribution in [0.15, 0.2) is 48.5 Å². The van der Waals surface area contributed by atoms with Crippen molar-refractivity contribution in [2.45, 2.75) is 25.5 Å². The molecule has 1 amide bonds. The second-order valence-electron chi connectivity index (χ2n) is 6.00. The molecule has 3 rings (SSSR count). The van der Waals surface area contributed by atoms with Crippen molar-refractivity contribution in [2.24, 2.45) is 0 Å². The molecular formula is C19H19NO4. The predicted molar refractivity (Wildman–Crippen MR) is 89.8 cm³/mol. The molecule has 0 aromatic heterocycles. The number of hydrogen-bond acceptors (Lipinski definition) is 4. The molecule has 1 aliphatic heterocycles. The maximum atomic E-state index is 12.8. The molecule has 0 saturated heterocycles. The molecule has 0 aliphatic carbocycles. The number of benzene rings is 2. The fraction of sp³-hybridized carbons (Fsp3) is 0.263. The highest BCUT2D eigenvalue weighted by molar-refractivity contribution is 6.08. The van der Waals surface area contributed by atoms with Gasteiger partial charge >= 0.3 is 0 Å². The van der Waals surface area contributed by atoms with E-state index in [1.165, 1.54) is 11.8 Å². The van der Waals surface area contributed by atoms with Crippen LogP contribution in [0.3, 0.4) is 0 Å². The number of ether oxygens (including phenoxy) is 1. The first-order chi connectivity index (χ1) is 11.5. The minimum atomic E-state index is -1.78. The molecule has 1 N–H and O–H groups in total. The molecule has 1 heterocycles. The number of hydrogen-bond donors (Lipinski definition) is 1. The largest absolute Gasteiger partial charge is 0.497 e. The van der Waals surface area contributed by atoms with Gasteiger partial charge in [-0.25, -0.2) is 0 Å². The summed E-state index contributed by atoms with van der Waals surface area (Å²) in [6.07, 6.45) is -0.220. The molecule has 0 fully saturated rings. The fourth-order valence-electron chi connectivity index (χ4n) is 3.11. The van der Waals surface area contributed by atoms with Crippen LogP contribution in [0.1, 0.15) is 24.5 Å². The summed E-state index contributed by atoms with van der Waals surface area (Å²) in [4.78, 5) is 25.9. The SMILES string of the molecule is COc1ccc(CN2C(=O)C(O)(CC(C)=O)c3ccccc32)cc1. The number of methoxy groups -OCH3 is 1. The summed E-state index contributed by atoms with van der Waals surface area (Å²) in [6.45, 7) is 1.69. The van der Waals surface area contributed by atoms with E-state index in [9.17, 15) is 14.7 Å². The highest BCUT2D eigenvalue weighted by Crippen LogP contribution is 2.43. The van der Waals surface area contributed by atoms with Gasteiger partial charge in [0.05, 0.1) is 19.3 Å². The van der Waals surface area contributed by atoms with E-state index in [2.05, 4.69) is 0 Å². The van der Waals surface area contributed by atoms with Crippen LogP contribution < -0.4 is 9.64 Å². The van der Waals surface area contributed by atoms with Crippen molar-refractivity contribution in [3.05, 3.63) is 59.7 Å². The van der Waals surface area contributed by atoms with Crippen molar-refractivity contribution in [2.75, 3.05) is 12.0 Å². The third-order valence-corrected chi connectivity index (χ3v) is 4.24. The van der Waals surface area contributed by atoms with Gasteiger partial charge in [0.2, 0.25) is 0 Å². The molecule has 2 aromatic rings. The number of fused-ring (bicyclic) bond motifs is 1. The van der Waals surface area contributed by atoms with Gasteiger partial charge in [0.1, 0.15) is 11.5 Å². The average molecular weight is 325 g/mol. The van der Waals surface area contributed by atoms with Crippen LogP contribution in [0.2, 0.25) is 0 Å². The molecule has 24 heavy (non-hydrogen) atoms. The number of carbonyl (C=O) groups excluding carboxylic acids is 2. The Morgan fingerprint density at radius 1 is 1.17 bits per heavy atom. The average Bonchev–Trinajstić information content (AvgIpc) is 2.77. The van der Waals surface area contributed by atoms with E-state index in [4.69, 9.17) is 4.74 Å². The molecule has 0 bridgehead atoms. The third kappa shape index (κ3) is 2.67. The molecule has 1 aliphatic rings. The van der Waals surface area contributed by atoms with Gasteiger partial charge in [0.15, 0.2) is 5.60 Å². The predicted octanol–water partition coefficient (Wildman–Crippen LogP) is 2.41. The number of ketones is 1. The summed E-state index contributed by atoms with van der Waals surface area (Å²) >= 11 is 0. The zero-order valence-electron chi connectivity index (χ0n) is 13.7. The van der Waals surface area contributed by atoms with Crippen molar-refractivity contribution in [1.29, 1.82) is 0 Å². The molecule has 1 atom stereocenters. The summed E-state index contributed by atoms with van der Waals surface area (Å²) in [7, 11) is 1.59. The Morgan fingerprint density at radius 3 is 2.46 bits per heavy atom. The van der Waals surface area contributed by atoms with E-state index in [1.807, 2.05) is 30.3 Å². The molecule has 0 spiro atoms. The Balaban J connectivity index is 1.96. The standard InChI is InChI=1S/C19H19NO4/c1-13(21)11-19(23)16-5-3-4-6-17(16)20(18(19)22)12-14-7-9-15(24-2)10-8-14/h3-10,23H,11-12H2,1-2H3. The number of aliphatic hydroxyl groups is 1. The van der Waals surface area contributed by atoms with Crippen LogP contribution in [0.4, 0.5) is 5.69 Å². The summed E-state index contributed by atoms with van der Waals surface area (Å²) < 4.78 is 5.14. The normalized spacial score (nSPS) is 19.3. The van der Waals surface area contributed by atoms with Crippen molar-refractivity contribution < 1.29 is 19.4 Å². The second-order valence-corrected chi connectivity index (χ2v) is 6.00. The monoisotopic (exact) mass is 325 g/mol. The maximum absolute atomic E-state index is 12.8. The van der Waals surface area contributed by atoms with Gasteiger partial charge in [0, 0.05) is 12.0 Å². The van der Waals surface area contributed by atoms with Crippen LogP contribution in [0.5, 0.6) is 5.75 Å². The fourth-order valence-corrected chi connectivity index (χ4v) is 3.11. The first kappa shape index (κ1) is 16.2. The highest BCUT2D eigenvalue weighted by Gasteiger charge is 2.50. The quantitative estimate of drug-likeness (QED) is 0.917. The summed E-state index contributed by atoms with van der Waals surface area (Å²) in [5.74, 6) is 0.0432. The van der Waals surface area contributed by atoms with Crippen LogP contribution >= 0.6 is 0 Å². The van der Waals surface area contributed by atoms with Crippen LogP contribution in [-0.4, -0.2) is 23.9 Å². The maximum Gasteiger partial charge on any atom is 0.264 e. The molecule has 2 aromatic carbocycles. The Kier molecular flexibility index (Phi) is 4.11. The molecule has 1 unspecified atom stereocenters. The summed E-state index contributed by atoms with van der Waals surface area (Å²) in [5, 5.41) is 10.9. The highest BCUT2D eigenvalue weighted by atomic mass is 16.5. The first-order valence-electron chi connectivity index (χ1n) is 7.72. The molecule has 5 heteroatoms. The Morgan fingerprint density at radius 2 is 1.83 bits per heavy atom. The van der Waals surface area contributed by atoms with Crippen molar-refractivity contribution in [3.63, 3.8) is 0 Å². The van der Waals surface area contributed by atoms with Crippen LogP contribution in [0, 0.1) is 0 Å². The lowest BCUT2D eigenvalue weighted by Gasteiger charge is -2.22. The van der Waals surface area contributed by atoms with E-state index in [-0.39, 0.29) is 12.2 Å².